The Kier molecular flexibility index (Phi) is 4.80. The van der Waals surface area contributed by atoms with E-state index >= 15 is 0 Å². The molecule has 0 spiro atoms. The van der Waals surface area contributed by atoms with E-state index in [1.54, 1.807) is 17.8 Å². The molecule has 24 heavy (non-hydrogen) atoms. The van der Waals surface area contributed by atoms with Crippen molar-refractivity contribution in [1.29, 1.82) is 0 Å². The number of fused-ring (bicyclic) bond motifs is 2. The van der Waals surface area contributed by atoms with Gasteiger partial charge in [-0.1, -0.05) is 35.0 Å². The van der Waals surface area contributed by atoms with Gasteiger partial charge in [-0.25, -0.2) is 0 Å². The highest BCUT2D eigenvalue weighted by Crippen LogP contribution is 2.36. The average molecular weight is 399 g/mol. The van der Waals surface area contributed by atoms with Gasteiger partial charge in [-0.3, -0.25) is 4.79 Å². The fourth-order valence-corrected chi connectivity index (χ4v) is 5.79. The normalized spacial score (nSPS) is 25.2. The first kappa shape index (κ1) is 16.7. The molecule has 2 aromatic rings. The van der Waals surface area contributed by atoms with E-state index in [2.05, 4.69) is 10.6 Å². The molecule has 2 aliphatic heterocycles. The van der Waals surface area contributed by atoms with Gasteiger partial charge in [0.15, 0.2) is 0 Å². The van der Waals surface area contributed by atoms with Gasteiger partial charge in [0.25, 0.3) is 5.91 Å². The molecule has 2 N–H and O–H groups in total. The van der Waals surface area contributed by atoms with E-state index in [0.717, 1.165) is 20.4 Å². The number of hydrogen-bond acceptors (Lipinski definition) is 4. The zero-order valence-corrected chi connectivity index (χ0v) is 15.9. The van der Waals surface area contributed by atoms with Crippen LogP contribution in [0.15, 0.2) is 39.4 Å². The highest BCUT2D eigenvalue weighted by Gasteiger charge is 2.39. The zero-order valence-electron chi connectivity index (χ0n) is 12.7. The maximum Gasteiger partial charge on any atom is 0.261 e. The number of halogens is 2. The van der Waals surface area contributed by atoms with Crippen molar-refractivity contribution in [2.24, 2.45) is 0 Å². The molecule has 1 amide bonds. The molecule has 3 unspecified atom stereocenters. The van der Waals surface area contributed by atoms with Crippen LogP contribution in [0.4, 0.5) is 0 Å². The number of hydrogen-bond donors (Lipinski definition) is 2. The van der Waals surface area contributed by atoms with Crippen molar-refractivity contribution in [2.75, 3.05) is 0 Å². The Morgan fingerprint density at radius 1 is 1.21 bits per heavy atom. The van der Waals surface area contributed by atoms with Crippen LogP contribution in [-0.2, 0) is 0 Å². The number of amides is 1. The second-order valence-electron chi connectivity index (χ2n) is 6.16. The second kappa shape index (κ2) is 6.89. The Morgan fingerprint density at radius 2 is 2.08 bits per heavy atom. The standard InChI is InChI=1S/C17H16Cl2N2OS2/c18-11-3-2-10(8-12(11)19)23-16-6-5-15(24-16)17(22)21-14-7-9-1-4-13(14)20-9/h2-3,5-6,8-9,13-14,20H,1,4,7H2,(H,21,22). The topological polar surface area (TPSA) is 41.1 Å². The predicted octanol–water partition coefficient (Wildman–Crippen LogP) is 4.83. The highest BCUT2D eigenvalue weighted by atomic mass is 35.5. The summed E-state index contributed by atoms with van der Waals surface area (Å²) in [6, 6.07) is 10.7. The molecular weight excluding hydrogens is 383 g/mol. The van der Waals surface area contributed by atoms with Crippen LogP contribution in [0.3, 0.4) is 0 Å². The Bertz CT molecular complexity index is 780. The third-order valence-corrected chi connectivity index (χ3v) is 7.48. The van der Waals surface area contributed by atoms with E-state index in [4.69, 9.17) is 23.2 Å². The lowest BCUT2D eigenvalue weighted by Gasteiger charge is -2.20. The largest absolute Gasteiger partial charge is 0.347 e. The van der Waals surface area contributed by atoms with Crippen molar-refractivity contribution in [3.63, 3.8) is 0 Å². The van der Waals surface area contributed by atoms with Gasteiger partial charge >= 0.3 is 0 Å². The van der Waals surface area contributed by atoms with Crippen LogP contribution in [0.25, 0.3) is 0 Å². The molecule has 126 valence electrons. The van der Waals surface area contributed by atoms with Gasteiger partial charge < -0.3 is 10.6 Å². The molecule has 2 aliphatic rings. The Morgan fingerprint density at radius 3 is 2.79 bits per heavy atom. The molecule has 2 bridgehead atoms. The van der Waals surface area contributed by atoms with Crippen LogP contribution in [0, 0.1) is 0 Å². The summed E-state index contributed by atoms with van der Waals surface area (Å²) in [6.45, 7) is 0. The number of nitrogens with one attached hydrogen (secondary N) is 2. The summed E-state index contributed by atoms with van der Waals surface area (Å²) in [5, 5.41) is 7.81. The number of carbonyl (C=O) groups is 1. The molecule has 0 aliphatic carbocycles. The molecule has 1 aromatic carbocycles. The number of thiophene rings is 1. The van der Waals surface area contributed by atoms with Gasteiger partial charge in [-0.05, 0) is 49.6 Å². The summed E-state index contributed by atoms with van der Waals surface area (Å²) in [4.78, 5) is 14.2. The van der Waals surface area contributed by atoms with Crippen LogP contribution in [0.5, 0.6) is 0 Å². The number of carbonyl (C=O) groups excluding carboxylic acids is 1. The molecule has 0 saturated carbocycles. The minimum atomic E-state index is 0.0281. The molecule has 2 fully saturated rings. The van der Waals surface area contributed by atoms with Crippen LogP contribution in [0.1, 0.15) is 28.9 Å². The van der Waals surface area contributed by atoms with Gasteiger partial charge in [0.1, 0.15) is 0 Å². The van der Waals surface area contributed by atoms with E-state index < -0.39 is 0 Å². The van der Waals surface area contributed by atoms with Crippen LogP contribution < -0.4 is 10.6 Å². The Hall–Kier alpha value is -0.720. The van der Waals surface area contributed by atoms with E-state index in [0.29, 0.717) is 22.1 Å². The smallest absolute Gasteiger partial charge is 0.261 e. The molecule has 0 radical (unpaired) electrons. The lowest BCUT2D eigenvalue weighted by atomic mass is 9.95. The quantitative estimate of drug-likeness (QED) is 0.774. The maximum absolute atomic E-state index is 12.5. The summed E-state index contributed by atoms with van der Waals surface area (Å²) in [5.74, 6) is 0.0281. The molecule has 3 atom stereocenters. The minimum Gasteiger partial charge on any atom is -0.347 e. The van der Waals surface area contributed by atoms with Crippen LogP contribution in [-0.4, -0.2) is 24.0 Å². The van der Waals surface area contributed by atoms with E-state index in [9.17, 15) is 4.79 Å². The predicted molar refractivity (Wildman–Crippen MR) is 101 cm³/mol. The second-order valence-corrected chi connectivity index (χ2v) is 9.43. The van der Waals surface area contributed by atoms with Crippen LogP contribution >= 0.6 is 46.3 Å². The van der Waals surface area contributed by atoms with Gasteiger partial charge in [0.2, 0.25) is 0 Å². The molecule has 7 heteroatoms. The summed E-state index contributed by atoms with van der Waals surface area (Å²) < 4.78 is 1.06. The first-order valence-corrected chi connectivity index (χ1v) is 10.3. The SMILES string of the molecule is O=C(NC1CC2CCC1N2)c1ccc(Sc2ccc(Cl)c(Cl)c2)s1. The first-order chi connectivity index (χ1) is 11.6. The van der Waals surface area contributed by atoms with Crippen molar-refractivity contribution < 1.29 is 4.79 Å². The molecule has 4 rings (SSSR count). The fraction of sp³-hybridized carbons (Fsp3) is 0.353. The van der Waals surface area contributed by atoms with Crippen molar-refractivity contribution in [3.8, 4) is 0 Å². The highest BCUT2D eigenvalue weighted by molar-refractivity contribution is 8.01. The Balaban J connectivity index is 1.40. The molecular formula is C17H16Cl2N2OS2. The molecule has 2 saturated heterocycles. The van der Waals surface area contributed by atoms with Gasteiger partial charge in [0, 0.05) is 23.0 Å². The molecule has 3 nitrogen and oxygen atoms in total. The monoisotopic (exact) mass is 398 g/mol. The van der Waals surface area contributed by atoms with Crippen molar-refractivity contribution in [1.82, 2.24) is 10.6 Å². The van der Waals surface area contributed by atoms with E-state index in [1.165, 1.54) is 24.2 Å². The van der Waals surface area contributed by atoms with Crippen molar-refractivity contribution in [3.05, 3.63) is 45.3 Å². The van der Waals surface area contributed by atoms with Gasteiger partial charge in [-0.2, -0.15) is 0 Å². The average Bonchev–Trinajstić information content (AvgIpc) is 3.27. The molecule has 1 aromatic heterocycles. The molecule has 3 heterocycles. The van der Waals surface area contributed by atoms with E-state index in [-0.39, 0.29) is 11.9 Å². The first-order valence-electron chi connectivity index (χ1n) is 7.88. The summed E-state index contributed by atoms with van der Waals surface area (Å²) in [5.41, 5.74) is 0. The van der Waals surface area contributed by atoms with Gasteiger partial charge in [0.05, 0.1) is 19.1 Å². The minimum absolute atomic E-state index is 0.0281. The fourth-order valence-electron chi connectivity index (χ4n) is 3.38. The number of benzene rings is 1. The number of rotatable bonds is 4. The lowest BCUT2D eigenvalue weighted by molar-refractivity contribution is 0.0935. The summed E-state index contributed by atoms with van der Waals surface area (Å²) >= 11 is 15.1. The zero-order chi connectivity index (χ0) is 16.7. The Labute approximate surface area is 159 Å². The lowest BCUT2D eigenvalue weighted by Crippen LogP contribution is -2.42. The van der Waals surface area contributed by atoms with Crippen LogP contribution in [0.2, 0.25) is 10.0 Å². The third-order valence-electron chi connectivity index (χ3n) is 4.53. The summed E-state index contributed by atoms with van der Waals surface area (Å²) in [6.07, 6.45) is 3.45. The summed E-state index contributed by atoms with van der Waals surface area (Å²) in [7, 11) is 0. The van der Waals surface area contributed by atoms with E-state index in [1.807, 2.05) is 24.3 Å². The maximum atomic E-state index is 12.5. The third kappa shape index (κ3) is 3.46. The van der Waals surface area contributed by atoms with Gasteiger partial charge in [-0.15, -0.1) is 11.3 Å². The van der Waals surface area contributed by atoms with Crippen molar-refractivity contribution >= 4 is 52.2 Å². The van der Waals surface area contributed by atoms with Crippen molar-refractivity contribution in [2.45, 2.75) is 46.5 Å².